The number of benzene rings is 1. The van der Waals surface area contributed by atoms with Gasteiger partial charge in [0.15, 0.2) is 6.04 Å². The number of aromatic hydroxyl groups is 1. The smallest absolute Gasteiger partial charge is 0.235 e. The van der Waals surface area contributed by atoms with Gasteiger partial charge in [-0.15, -0.1) is 5.10 Å². The maximum absolute atomic E-state index is 13.5. The molecule has 7 heteroatoms. The molecule has 0 aliphatic carbocycles. The normalized spacial score (nSPS) is 24.8. The Labute approximate surface area is 156 Å². The number of thiazole rings is 1. The van der Waals surface area contributed by atoms with Gasteiger partial charge in [-0.1, -0.05) is 25.2 Å². The number of hydrogen-bond donors (Lipinski definition) is 2. The monoisotopic (exact) mass is 375 g/mol. The highest BCUT2D eigenvalue weighted by atomic mass is 32.1. The average Bonchev–Trinajstić information content (AvgIpc) is 3.07. The van der Waals surface area contributed by atoms with E-state index in [0.29, 0.717) is 22.6 Å². The van der Waals surface area contributed by atoms with Crippen molar-refractivity contribution in [2.45, 2.75) is 33.2 Å². The van der Waals surface area contributed by atoms with E-state index in [1.807, 2.05) is 19.1 Å². The van der Waals surface area contributed by atoms with Crippen molar-refractivity contribution in [3.63, 3.8) is 0 Å². The molecule has 4 rings (SSSR count). The predicted octanol–water partition coefficient (Wildman–Crippen LogP) is 2.59. The van der Waals surface area contributed by atoms with Crippen molar-refractivity contribution in [3.05, 3.63) is 46.3 Å². The number of aromatic nitrogens is 3. The van der Waals surface area contributed by atoms with Crippen LogP contribution in [0.2, 0.25) is 0 Å². The first kappa shape index (κ1) is 17.4. The molecule has 2 N–H and O–H groups in total. The van der Waals surface area contributed by atoms with E-state index in [1.165, 1.54) is 39.3 Å². The van der Waals surface area contributed by atoms with Crippen LogP contribution in [-0.4, -0.2) is 32.8 Å². The molecule has 3 atom stereocenters. The number of rotatable bonds is 3. The number of quaternary nitrogens is 1. The molecule has 0 unspecified atom stereocenters. The molecule has 138 valence electrons. The Hall–Kier alpha value is -1.99. The largest absolute Gasteiger partial charge is 0.492 e. The van der Waals surface area contributed by atoms with Crippen LogP contribution in [-0.2, 0) is 0 Å². The Kier molecular flexibility index (Phi) is 4.44. The second-order valence-corrected chi connectivity index (χ2v) is 8.65. The summed E-state index contributed by atoms with van der Waals surface area (Å²) in [6.45, 7) is 8.43. The molecule has 1 aliphatic heterocycles. The van der Waals surface area contributed by atoms with E-state index < -0.39 is 0 Å². The molecular formula is C19H24FN4OS+. The number of nitrogens with zero attached hydrogens (tertiary/aromatic N) is 3. The molecule has 26 heavy (non-hydrogen) atoms. The second kappa shape index (κ2) is 6.63. The molecule has 2 aromatic heterocycles. The fraction of sp³-hybridized carbons (Fsp3) is 0.474. The fourth-order valence-corrected chi connectivity index (χ4v) is 5.52. The van der Waals surface area contributed by atoms with Crippen LogP contribution < -0.4 is 4.90 Å². The number of fused-ring (bicyclic) bond motifs is 1. The molecule has 0 saturated carbocycles. The Morgan fingerprint density at radius 2 is 1.88 bits per heavy atom. The number of aryl methyl sites for hydroxylation is 1. The highest BCUT2D eigenvalue weighted by molar-refractivity contribution is 7.17. The Morgan fingerprint density at radius 3 is 2.50 bits per heavy atom. The lowest BCUT2D eigenvalue weighted by molar-refractivity contribution is -0.936. The van der Waals surface area contributed by atoms with E-state index in [2.05, 4.69) is 23.9 Å². The number of nitrogens with one attached hydrogen (secondary N) is 1. The van der Waals surface area contributed by atoms with Gasteiger partial charge in [0.05, 0.1) is 13.1 Å². The summed E-state index contributed by atoms with van der Waals surface area (Å²) in [5.74, 6) is 1.78. The van der Waals surface area contributed by atoms with Crippen LogP contribution in [0.4, 0.5) is 4.39 Å². The van der Waals surface area contributed by atoms with Gasteiger partial charge in [0.25, 0.3) is 0 Å². The summed E-state index contributed by atoms with van der Waals surface area (Å²) < 4.78 is 15.0. The van der Waals surface area contributed by atoms with Gasteiger partial charge < -0.3 is 10.0 Å². The minimum Gasteiger partial charge on any atom is -0.492 e. The number of likely N-dealkylation sites (tertiary alicyclic amines) is 1. The molecule has 5 nitrogen and oxygen atoms in total. The minimum atomic E-state index is -0.245. The standard InChI is InChI=1S/C19H23FN4OS/c1-11-8-12(2)10-23(9-11)16(14-4-6-15(20)7-5-14)17-18(25)24-19(26-17)21-13(3)22-24/h4-7,11-12,16,25H,8-10H2,1-3H3/p+1/t11-,12-,16-/m0/s1. The van der Waals surface area contributed by atoms with Crippen LogP contribution in [0.5, 0.6) is 5.88 Å². The van der Waals surface area contributed by atoms with Crippen molar-refractivity contribution in [1.82, 2.24) is 14.6 Å². The first-order chi connectivity index (χ1) is 12.4. The average molecular weight is 375 g/mol. The van der Waals surface area contributed by atoms with Crippen LogP contribution in [0.1, 0.15) is 42.6 Å². The molecule has 0 amide bonds. The van der Waals surface area contributed by atoms with Gasteiger partial charge in [0.1, 0.15) is 16.5 Å². The molecule has 1 saturated heterocycles. The third-order valence-corrected chi connectivity index (χ3v) is 6.29. The summed E-state index contributed by atoms with van der Waals surface area (Å²) in [7, 11) is 0. The van der Waals surface area contributed by atoms with Crippen molar-refractivity contribution in [2.75, 3.05) is 13.1 Å². The van der Waals surface area contributed by atoms with Gasteiger partial charge >= 0.3 is 0 Å². The van der Waals surface area contributed by atoms with E-state index in [9.17, 15) is 9.50 Å². The van der Waals surface area contributed by atoms with Crippen molar-refractivity contribution >= 4 is 16.3 Å². The topological polar surface area (TPSA) is 54.9 Å². The van der Waals surface area contributed by atoms with Gasteiger partial charge in [0, 0.05) is 17.4 Å². The van der Waals surface area contributed by atoms with Crippen molar-refractivity contribution in [2.24, 2.45) is 11.8 Å². The zero-order valence-electron chi connectivity index (χ0n) is 15.2. The van der Waals surface area contributed by atoms with Crippen LogP contribution in [0, 0.1) is 24.6 Å². The Bertz CT molecular complexity index is 910. The SMILES string of the molecule is Cc1nc2sc([C@H](c3ccc(F)cc3)[NH+]3C[C@@H](C)C[C@H](C)C3)c(O)n2n1. The zero-order valence-corrected chi connectivity index (χ0v) is 16.1. The van der Waals surface area contributed by atoms with E-state index in [0.717, 1.165) is 23.5 Å². The molecule has 0 radical (unpaired) electrons. The molecule has 3 heterocycles. The van der Waals surface area contributed by atoms with E-state index in [-0.39, 0.29) is 17.7 Å². The minimum absolute atomic E-state index is 0.0467. The van der Waals surface area contributed by atoms with Crippen LogP contribution in [0.15, 0.2) is 24.3 Å². The molecule has 1 fully saturated rings. The van der Waals surface area contributed by atoms with Gasteiger partial charge in [0.2, 0.25) is 10.8 Å². The third-order valence-electron chi connectivity index (χ3n) is 5.21. The van der Waals surface area contributed by atoms with E-state index >= 15 is 0 Å². The lowest BCUT2D eigenvalue weighted by Crippen LogP contribution is -3.14. The van der Waals surface area contributed by atoms with Gasteiger partial charge in [-0.2, -0.15) is 4.52 Å². The van der Waals surface area contributed by atoms with Gasteiger partial charge in [-0.3, -0.25) is 0 Å². The van der Waals surface area contributed by atoms with Gasteiger partial charge in [-0.05, 0) is 37.6 Å². The van der Waals surface area contributed by atoms with E-state index in [4.69, 9.17) is 0 Å². The van der Waals surface area contributed by atoms with Crippen LogP contribution in [0.3, 0.4) is 0 Å². The summed E-state index contributed by atoms with van der Waals surface area (Å²) >= 11 is 1.47. The molecule has 0 spiro atoms. The van der Waals surface area contributed by atoms with Crippen LogP contribution in [0.25, 0.3) is 4.96 Å². The quantitative estimate of drug-likeness (QED) is 0.740. The first-order valence-electron chi connectivity index (χ1n) is 9.07. The van der Waals surface area contributed by atoms with Crippen LogP contribution >= 0.6 is 11.3 Å². The Morgan fingerprint density at radius 1 is 1.23 bits per heavy atom. The maximum Gasteiger partial charge on any atom is 0.235 e. The van der Waals surface area contributed by atoms with Gasteiger partial charge in [-0.25, -0.2) is 9.37 Å². The summed E-state index contributed by atoms with van der Waals surface area (Å²) in [5.41, 5.74) is 1.01. The summed E-state index contributed by atoms with van der Waals surface area (Å²) in [5, 5.41) is 15.1. The second-order valence-electron chi connectivity index (χ2n) is 7.64. The first-order valence-corrected chi connectivity index (χ1v) is 9.89. The predicted molar refractivity (Wildman–Crippen MR) is 99.2 cm³/mol. The van der Waals surface area contributed by atoms with Crippen molar-refractivity contribution in [3.8, 4) is 5.88 Å². The molecule has 1 aromatic carbocycles. The zero-order chi connectivity index (χ0) is 18.4. The highest BCUT2D eigenvalue weighted by Gasteiger charge is 2.37. The number of hydrogen-bond acceptors (Lipinski definition) is 4. The third kappa shape index (κ3) is 3.10. The highest BCUT2D eigenvalue weighted by Crippen LogP contribution is 2.35. The lowest BCUT2D eigenvalue weighted by atomic mass is 9.89. The number of piperidine rings is 1. The van der Waals surface area contributed by atoms with E-state index in [1.54, 1.807) is 0 Å². The number of halogens is 1. The molecule has 3 aromatic rings. The molecule has 1 aliphatic rings. The van der Waals surface area contributed by atoms with Crippen molar-refractivity contribution in [1.29, 1.82) is 0 Å². The lowest BCUT2D eigenvalue weighted by Gasteiger charge is -2.37. The molecule has 0 bridgehead atoms. The summed E-state index contributed by atoms with van der Waals surface area (Å²) in [4.78, 5) is 7.35. The fourth-order valence-electron chi connectivity index (χ4n) is 4.33. The Balaban J connectivity index is 1.82. The maximum atomic E-state index is 13.5. The summed E-state index contributed by atoms with van der Waals surface area (Å²) in [6, 6.07) is 6.61. The van der Waals surface area contributed by atoms with Crippen molar-refractivity contribution < 1.29 is 14.4 Å². The molecular weight excluding hydrogens is 351 g/mol. The summed E-state index contributed by atoms with van der Waals surface area (Å²) in [6.07, 6.45) is 1.22.